The van der Waals surface area contributed by atoms with Crippen molar-refractivity contribution in [3.05, 3.63) is 47.9 Å². The molecule has 1 aromatic carbocycles. The molecule has 1 unspecified atom stereocenters. The standard InChI is InChI=1S/C19H21N3O3/c1-13(23)21-10-8-14-12-15(6-7-16(14)21)20-19(24)22-9-2-4-17(22)18-5-3-11-25-18/h3,5-7,11-12,17H,2,4,8-10H2,1H3,(H,20,24). The summed E-state index contributed by atoms with van der Waals surface area (Å²) in [6, 6.07) is 9.39. The molecule has 0 radical (unpaired) electrons. The Morgan fingerprint density at radius 2 is 2.12 bits per heavy atom. The van der Waals surface area contributed by atoms with E-state index in [1.807, 2.05) is 35.2 Å². The first-order valence-corrected chi connectivity index (χ1v) is 8.65. The number of nitrogens with one attached hydrogen (secondary N) is 1. The lowest BCUT2D eigenvalue weighted by molar-refractivity contribution is -0.116. The Balaban J connectivity index is 1.49. The molecule has 0 saturated carbocycles. The number of nitrogens with zero attached hydrogens (tertiary/aromatic N) is 2. The van der Waals surface area contributed by atoms with E-state index in [-0.39, 0.29) is 18.0 Å². The van der Waals surface area contributed by atoms with E-state index in [2.05, 4.69) is 5.32 Å². The monoisotopic (exact) mass is 339 g/mol. The average molecular weight is 339 g/mol. The third-order valence-electron chi connectivity index (χ3n) is 4.99. The summed E-state index contributed by atoms with van der Waals surface area (Å²) in [7, 11) is 0. The maximum Gasteiger partial charge on any atom is 0.322 e. The fraction of sp³-hybridized carbons (Fsp3) is 0.368. The SMILES string of the molecule is CC(=O)N1CCc2cc(NC(=O)N3CCCC3c3ccco3)ccc21. The fourth-order valence-electron chi connectivity index (χ4n) is 3.79. The van der Waals surface area contributed by atoms with E-state index in [0.29, 0.717) is 6.54 Å². The molecule has 3 amide bonds. The van der Waals surface area contributed by atoms with E-state index < -0.39 is 0 Å². The normalized spacial score (nSPS) is 19.2. The van der Waals surface area contributed by atoms with Crippen LogP contribution in [-0.4, -0.2) is 29.9 Å². The van der Waals surface area contributed by atoms with Crippen molar-refractivity contribution >= 4 is 23.3 Å². The topological polar surface area (TPSA) is 65.8 Å². The molecule has 1 saturated heterocycles. The molecule has 1 atom stereocenters. The van der Waals surface area contributed by atoms with Gasteiger partial charge in [-0.05, 0) is 55.2 Å². The average Bonchev–Trinajstić information content (AvgIpc) is 3.33. The van der Waals surface area contributed by atoms with Gasteiger partial charge in [-0.2, -0.15) is 0 Å². The van der Waals surface area contributed by atoms with E-state index in [1.165, 1.54) is 0 Å². The van der Waals surface area contributed by atoms with Crippen LogP contribution in [0, 0.1) is 0 Å². The summed E-state index contributed by atoms with van der Waals surface area (Å²) in [6.45, 7) is 3.00. The summed E-state index contributed by atoms with van der Waals surface area (Å²) in [5.41, 5.74) is 2.80. The Hall–Kier alpha value is -2.76. The molecule has 3 heterocycles. The van der Waals surface area contributed by atoms with Crippen LogP contribution >= 0.6 is 0 Å². The number of furan rings is 1. The van der Waals surface area contributed by atoms with Crippen molar-refractivity contribution in [2.45, 2.75) is 32.2 Å². The van der Waals surface area contributed by atoms with E-state index in [9.17, 15) is 9.59 Å². The zero-order chi connectivity index (χ0) is 17.4. The quantitative estimate of drug-likeness (QED) is 0.910. The molecule has 2 aromatic rings. The first kappa shape index (κ1) is 15.7. The number of amides is 3. The molecular formula is C19H21N3O3. The molecule has 0 bridgehead atoms. The maximum atomic E-state index is 12.7. The van der Waals surface area contributed by atoms with Crippen LogP contribution in [0.2, 0.25) is 0 Å². The van der Waals surface area contributed by atoms with Crippen LogP contribution in [0.3, 0.4) is 0 Å². The number of hydrogen-bond donors (Lipinski definition) is 1. The fourth-order valence-corrected chi connectivity index (χ4v) is 3.79. The maximum absolute atomic E-state index is 12.7. The van der Waals surface area contributed by atoms with Crippen molar-refractivity contribution in [1.29, 1.82) is 0 Å². The predicted octanol–water partition coefficient (Wildman–Crippen LogP) is 3.56. The lowest BCUT2D eigenvalue weighted by Crippen LogP contribution is -2.34. The third-order valence-corrected chi connectivity index (χ3v) is 4.99. The van der Waals surface area contributed by atoms with Gasteiger partial charge in [-0.3, -0.25) is 4.79 Å². The molecule has 1 aromatic heterocycles. The minimum atomic E-state index is -0.111. The number of benzene rings is 1. The summed E-state index contributed by atoms with van der Waals surface area (Å²) in [5, 5.41) is 2.99. The minimum Gasteiger partial charge on any atom is -0.467 e. The molecule has 0 spiro atoms. The largest absolute Gasteiger partial charge is 0.467 e. The van der Waals surface area contributed by atoms with Gasteiger partial charge in [0.25, 0.3) is 0 Å². The van der Waals surface area contributed by atoms with Gasteiger partial charge >= 0.3 is 6.03 Å². The Morgan fingerprint density at radius 1 is 1.24 bits per heavy atom. The van der Waals surface area contributed by atoms with Crippen LogP contribution in [0.4, 0.5) is 16.2 Å². The third kappa shape index (κ3) is 2.88. The molecule has 1 fully saturated rings. The Morgan fingerprint density at radius 3 is 2.88 bits per heavy atom. The van der Waals surface area contributed by atoms with Crippen LogP contribution in [-0.2, 0) is 11.2 Å². The second kappa shape index (κ2) is 6.27. The Kier molecular flexibility index (Phi) is 3.95. The first-order valence-electron chi connectivity index (χ1n) is 8.65. The van der Waals surface area contributed by atoms with Crippen LogP contribution in [0.5, 0.6) is 0 Å². The highest BCUT2D eigenvalue weighted by molar-refractivity contribution is 5.95. The van der Waals surface area contributed by atoms with Gasteiger partial charge in [0.1, 0.15) is 5.76 Å². The van der Waals surface area contributed by atoms with E-state index in [0.717, 1.165) is 48.5 Å². The number of rotatable bonds is 2. The zero-order valence-electron chi connectivity index (χ0n) is 14.2. The van der Waals surface area contributed by atoms with Crippen molar-refractivity contribution in [1.82, 2.24) is 4.90 Å². The lowest BCUT2D eigenvalue weighted by atomic mass is 10.1. The van der Waals surface area contributed by atoms with Gasteiger partial charge in [-0.15, -0.1) is 0 Å². The number of urea groups is 1. The molecule has 6 heteroatoms. The Labute approximate surface area is 146 Å². The minimum absolute atomic E-state index is 0.00219. The molecule has 130 valence electrons. The number of fused-ring (bicyclic) bond motifs is 1. The van der Waals surface area contributed by atoms with Crippen LogP contribution in [0.15, 0.2) is 41.0 Å². The lowest BCUT2D eigenvalue weighted by Gasteiger charge is -2.23. The molecule has 2 aliphatic rings. The van der Waals surface area contributed by atoms with Crippen LogP contribution in [0.25, 0.3) is 0 Å². The highest BCUT2D eigenvalue weighted by Gasteiger charge is 2.32. The summed E-state index contributed by atoms with van der Waals surface area (Å²) in [5.74, 6) is 0.882. The summed E-state index contributed by atoms with van der Waals surface area (Å²) in [4.78, 5) is 27.9. The summed E-state index contributed by atoms with van der Waals surface area (Å²) >= 11 is 0. The number of carbonyl (C=O) groups excluding carboxylic acids is 2. The highest BCUT2D eigenvalue weighted by atomic mass is 16.3. The second-order valence-corrected chi connectivity index (χ2v) is 6.56. The number of likely N-dealkylation sites (tertiary alicyclic amines) is 1. The highest BCUT2D eigenvalue weighted by Crippen LogP contribution is 2.34. The van der Waals surface area contributed by atoms with Crippen molar-refractivity contribution < 1.29 is 14.0 Å². The van der Waals surface area contributed by atoms with E-state index in [4.69, 9.17) is 4.42 Å². The smallest absolute Gasteiger partial charge is 0.322 e. The number of hydrogen-bond acceptors (Lipinski definition) is 3. The molecule has 25 heavy (non-hydrogen) atoms. The van der Waals surface area contributed by atoms with Crippen LogP contribution in [0.1, 0.15) is 37.1 Å². The summed E-state index contributed by atoms with van der Waals surface area (Å²) in [6.07, 6.45) is 4.34. The molecular weight excluding hydrogens is 318 g/mol. The van der Waals surface area contributed by atoms with Gasteiger partial charge in [0.15, 0.2) is 0 Å². The van der Waals surface area contributed by atoms with Gasteiger partial charge < -0.3 is 19.5 Å². The molecule has 1 N–H and O–H groups in total. The molecule has 4 rings (SSSR count). The van der Waals surface area contributed by atoms with Crippen molar-refractivity contribution in [3.63, 3.8) is 0 Å². The predicted molar refractivity (Wildman–Crippen MR) is 94.6 cm³/mol. The first-order chi connectivity index (χ1) is 12.1. The van der Waals surface area contributed by atoms with Crippen molar-refractivity contribution in [2.24, 2.45) is 0 Å². The number of carbonyl (C=O) groups is 2. The van der Waals surface area contributed by atoms with Gasteiger partial charge in [-0.1, -0.05) is 0 Å². The van der Waals surface area contributed by atoms with Gasteiger partial charge in [-0.25, -0.2) is 4.79 Å². The van der Waals surface area contributed by atoms with Gasteiger partial charge in [0.05, 0.1) is 12.3 Å². The van der Waals surface area contributed by atoms with Crippen molar-refractivity contribution in [2.75, 3.05) is 23.3 Å². The second-order valence-electron chi connectivity index (χ2n) is 6.56. The van der Waals surface area contributed by atoms with E-state index in [1.54, 1.807) is 18.1 Å². The molecule has 2 aliphatic heterocycles. The van der Waals surface area contributed by atoms with Gasteiger partial charge in [0.2, 0.25) is 5.91 Å². The van der Waals surface area contributed by atoms with Gasteiger partial charge in [0, 0.05) is 31.4 Å². The van der Waals surface area contributed by atoms with Crippen LogP contribution < -0.4 is 10.2 Å². The Bertz CT molecular complexity index is 800. The molecule has 6 nitrogen and oxygen atoms in total. The molecule has 0 aliphatic carbocycles. The van der Waals surface area contributed by atoms with E-state index >= 15 is 0 Å². The zero-order valence-corrected chi connectivity index (χ0v) is 14.2. The summed E-state index contributed by atoms with van der Waals surface area (Å²) < 4.78 is 5.48. The number of anilines is 2. The van der Waals surface area contributed by atoms with Crippen molar-refractivity contribution in [3.8, 4) is 0 Å².